The first kappa shape index (κ1) is 17.6. The van der Waals surface area contributed by atoms with E-state index in [0.29, 0.717) is 12.5 Å². The molecule has 4 nitrogen and oxygen atoms in total. The van der Waals surface area contributed by atoms with Crippen molar-refractivity contribution in [1.29, 1.82) is 0 Å². The van der Waals surface area contributed by atoms with E-state index < -0.39 is 0 Å². The average molecular weight is 338 g/mol. The Morgan fingerprint density at radius 3 is 2.72 bits per heavy atom. The van der Waals surface area contributed by atoms with Crippen LogP contribution in [0.15, 0.2) is 48.8 Å². The van der Waals surface area contributed by atoms with Gasteiger partial charge in [-0.3, -0.25) is 9.78 Å². The van der Waals surface area contributed by atoms with Gasteiger partial charge >= 0.3 is 0 Å². The molecule has 1 aliphatic heterocycles. The molecule has 0 aliphatic carbocycles. The average Bonchev–Trinajstić information content (AvgIpc) is 3.21. The molecule has 0 saturated carbocycles. The minimum atomic E-state index is 0.0685. The molecule has 132 valence electrons. The van der Waals surface area contributed by atoms with Crippen molar-refractivity contribution >= 4 is 5.91 Å². The van der Waals surface area contributed by atoms with Gasteiger partial charge in [0.25, 0.3) is 5.91 Å². The summed E-state index contributed by atoms with van der Waals surface area (Å²) in [6.07, 6.45) is 5.48. The van der Waals surface area contributed by atoms with Crippen molar-refractivity contribution in [3.05, 3.63) is 65.5 Å². The highest BCUT2D eigenvalue weighted by Gasteiger charge is 2.25. The Kier molecular flexibility index (Phi) is 5.82. The first-order chi connectivity index (χ1) is 12.2. The zero-order chi connectivity index (χ0) is 17.6. The van der Waals surface area contributed by atoms with Gasteiger partial charge in [0.05, 0.1) is 12.6 Å². The number of pyridine rings is 1. The minimum absolute atomic E-state index is 0.0685. The summed E-state index contributed by atoms with van der Waals surface area (Å²) in [6, 6.07) is 12.1. The number of ether oxygens (including phenoxy) is 1. The molecule has 2 heterocycles. The standard InChI is InChI=1S/C21H26N2O2/c1-3-20(16-8-11-22-12-9-16)23(4-2)21(24)18-7-5-6-17(14-18)19-10-13-25-15-19/h5-9,11-12,14,19-20H,3-4,10,13,15H2,1-2H3/t19-,20-/m1/s1. The molecule has 2 aromatic rings. The Balaban J connectivity index is 1.85. The lowest BCUT2D eigenvalue weighted by Crippen LogP contribution is -2.34. The lowest BCUT2D eigenvalue weighted by atomic mass is 9.96. The van der Waals surface area contributed by atoms with E-state index in [1.54, 1.807) is 12.4 Å². The van der Waals surface area contributed by atoms with Gasteiger partial charge in [-0.2, -0.15) is 0 Å². The molecule has 4 heteroatoms. The number of benzene rings is 1. The molecular formula is C21H26N2O2. The summed E-state index contributed by atoms with van der Waals surface area (Å²) in [5, 5.41) is 0. The van der Waals surface area contributed by atoms with Gasteiger partial charge in [0.2, 0.25) is 0 Å². The van der Waals surface area contributed by atoms with E-state index in [1.807, 2.05) is 42.2 Å². The maximum Gasteiger partial charge on any atom is 0.254 e. The minimum Gasteiger partial charge on any atom is -0.381 e. The van der Waals surface area contributed by atoms with Gasteiger partial charge in [-0.25, -0.2) is 0 Å². The van der Waals surface area contributed by atoms with E-state index >= 15 is 0 Å². The smallest absolute Gasteiger partial charge is 0.254 e. The second-order valence-electron chi connectivity index (χ2n) is 6.48. The van der Waals surface area contributed by atoms with Crippen LogP contribution >= 0.6 is 0 Å². The number of amides is 1. The number of carbonyl (C=O) groups excluding carboxylic acids is 1. The molecule has 1 fully saturated rings. The van der Waals surface area contributed by atoms with Gasteiger partial charge in [0, 0.05) is 37.0 Å². The molecule has 1 aliphatic rings. The third-order valence-corrected chi connectivity index (χ3v) is 4.99. The van der Waals surface area contributed by atoms with Crippen LogP contribution in [0.5, 0.6) is 0 Å². The van der Waals surface area contributed by atoms with E-state index in [-0.39, 0.29) is 11.9 Å². The summed E-state index contributed by atoms with van der Waals surface area (Å²) >= 11 is 0. The lowest BCUT2D eigenvalue weighted by molar-refractivity contribution is 0.0682. The lowest BCUT2D eigenvalue weighted by Gasteiger charge is -2.31. The molecule has 0 bridgehead atoms. The molecule has 1 amide bonds. The Hall–Kier alpha value is -2.20. The Bertz CT molecular complexity index is 696. The number of nitrogens with zero attached hydrogens (tertiary/aromatic N) is 2. The van der Waals surface area contributed by atoms with Crippen LogP contribution in [0, 0.1) is 0 Å². The van der Waals surface area contributed by atoms with E-state index in [4.69, 9.17) is 4.74 Å². The van der Waals surface area contributed by atoms with Gasteiger partial charge in [0.1, 0.15) is 0 Å². The molecule has 0 radical (unpaired) electrons. The van der Waals surface area contributed by atoms with Crippen molar-refractivity contribution in [2.75, 3.05) is 19.8 Å². The normalized spacial score (nSPS) is 18.1. The fourth-order valence-corrected chi connectivity index (χ4v) is 3.62. The third-order valence-electron chi connectivity index (χ3n) is 4.99. The van der Waals surface area contributed by atoms with Gasteiger partial charge < -0.3 is 9.64 Å². The first-order valence-corrected chi connectivity index (χ1v) is 9.13. The van der Waals surface area contributed by atoms with Crippen molar-refractivity contribution < 1.29 is 9.53 Å². The highest BCUT2D eigenvalue weighted by Crippen LogP contribution is 2.28. The summed E-state index contributed by atoms with van der Waals surface area (Å²) in [4.78, 5) is 19.2. The van der Waals surface area contributed by atoms with Gasteiger partial charge in [-0.15, -0.1) is 0 Å². The summed E-state index contributed by atoms with van der Waals surface area (Å²) < 4.78 is 5.49. The van der Waals surface area contributed by atoms with Crippen LogP contribution in [0.2, 0.25) is 0 Å². The zero-order valence-electron chi connectivity index (χ0n) is 15.0. The summed E-state index contributed by atoms with van der Waals surface area (Å²) in [5.74, 6) is 0.497. The molecule has 1 saturated heterocycles. The first-order valence-electron chi connectivity index (χ1n) is 9.13. The number of aromatic nitrogens is 1. The van der Waals surface area contributed by atoms with Crippen molar-refractivity contribution in [1.82, 2.24) is 9.88 Å². The fourth-order valence-electron chi connectivity index (χ4n) is 3.62. The molecule has 0 N–H and O–H groups in total. The highest BCUT2D eigenvalue weighted by molar-refractivity contribution is 5.94. The van der Waals surface area contributed by atoms with Crippen LogP contribution in [0.4, 0.5) is 0 Å². The van der Waals surface area contributed by atoms with E-state index in [9.17, 15) is 4.79 Å². The topological polar surface area (TPSA) is 42.4 Å². The molecule has 0 spiro atoms. The van der Waals surface area contributed by atoms with Crippen LogP contribution in [0.3, 0.4) is 0 Å². The van der Waals surface area contributed by atoms with Crippen molar-refractivity contribution in [3.63, 3.8) is 0 Å². The number of rotatable bonds is 6. The second-order valence-corrected chi connectivity index (χ2v) is 6.48. The van der Waals surface area contributed by atoms with Crippen molar-refractivity contribution in [2.24, 2.45) is 0 Å². The van der Waals surface area contributed by atoms with Gasteiger partial charge in [-0.1, -0.05) is 19.1 Å². The third kappa shape index (κ3) is 3.90. The Morgan fingerprint density at radius 2 is 2.08 bits per heavy atom. The Morgan fingerprint density at radius 1 is 1.28 bits per heavy atom. The predicted octanol–water partition coefficient (Wildman–Crippen LogP) is 4.20. The van der Waals surface area contributed by atoms with E-state index in [0.717, 1.165) is 37.2 Å². The van der Waals surface area contributed by atoms with Crippen molar-refractivity contribution in [3.8, 4) is 0 Å². The molecular weight excluding hydrogens is 312 g/mol. The molecule has 1 aromatic heterocycles. The monoisotopic (exact) mass is 338 g/mol. The largest absolute Gasteiger partial charge is 0.381 e. The van der Waals surface area contributed by atoms with Crippen molar-refractivity contribution in [2.45, 2.75) is 38.6 Å². The van der Waals surface area contributed by atoms with Crippen LogP contribution in [-0.4, -0.2) is 35.5 Å². The van der Waals surface area contributed by atoms with E-state index in [2.05, 4.69) is 18.0 Å². The summed E-state index contributed by atoms with van der Waals surface area (Å²) in [7, 11) is 0. The number of hydrogen-bond donors (Lipinski definition) is 0. The summed E-state index contributed by atoms with van der Waals surface area (Å²) in [6.45, 7) is 6.40. The SMILES string of the molecule is CC[C@H](c1ccncc1)N(CC)C(=O)c1cccc([C@@H]2CCOC2)c1. The molecule has 0 unspecified atom stereocenters. The maximum absolute atomic E-state index is 13.2. The zero-order valence-corrected chi connectivity index (χ0v) is 15.0. The van der Waals surface area contributed by atoms with Crippen LogP contribution in [0.25, 0.3) is 0 Å². The van der Waals surface area contributed by atoms with Gasteiger partial charge in [0.15, 0.2) is 0 Å². The predicted molar refractivity (Wildman–Crippen MR) is 98.6 cm³/mol. The van der Waals surface area contributed by atoms with E-state index in [1.165, 1.54) is 5.56 Å². The number of carbonyl (C=O) groups is 1. The fraction of sp³-hybridized carbons (Fsp3) is 0.429. The van der Waals surface area contributed by atoms with Crippen LogP contribution < -0.4 is 0 Å². The quantitative estimate of drug-likeness (QED) is 0.793. The molecule has 1 aromatic carbocycles. The molecule has 3 rings (SSSR count). The molecule has 25 heavy (non-hydrogen) atoms. The van der Waals surface area contributed by atoms with Crippen LogP contribution in [0.1, 0.15) is 60.1 Å². The summed E-state index contributed by atoms with van der Waals surface area (Å²) in [5.41, 5.74) is 3.10. The second kappa shape index (κ2) is 8.26. The maximum atomic E-state index is 13.2. The highest BCUT2D eigenvalue weighted by atomic mass is 16.5. The number of hydrogen-bond acceptors (Lipinski definition) is 3. The molecule has 2 atom stereocenters. The van der Waals surface area contributed by atoms with Crippen LogP contribution in [-0.2, 0) is 4.74 Å². The Labute approximate surface area is 149 Å². The van der Waals surface area contributed by atoms with Gasteiger partial charge in [-0.05, 0) is 55.2 Å².